The van der Waals surface area contributed by atoms with Crippen LogP contribution in [-0.2, 0) is 4.74 Å². The van der Waals surface area contributed by atoms with Gasteiger partial charge in [-0.2, -0.15) is 4.68 Å². The van der Waals surface area contributed by atoms with E-state index in [4.69, 9.17) is 10.5 Å². The lowest BCUT2D eigenvalue weighted by Gasteiger charge is -2.15. The van der Waals surface area contributed by atoms with E-state index in [1.807, 2.05) is 45.0 Å². The maximum absolute atomic E-state index is 12.8. The summed E-state index contributed by atoms with van der Waals surface area (Å²) in [6.07, 6.45) is 0.0165. The summed E-state index contributed by atoms with van der Waals surface area (Å²) in [5.41, 5.74) is 7.81. The van der Waals surface area contributed by atoms with Gasteiger partial charge in [-0.25, -0.2) is 9.48 Å². The first-order chi connectivity index (χ1) is 10.4. The van der Waals surface area contributed by atoms with Gasteiger partial charge in [0.1, 0.15) is 5.82 Å². The molecule has 1 aromatic carbocycles. The van der Waals surface area contributed by atoms with E-state index < -0.39 is 6.09 Å². The number of methoxy groups -OCH3 is 1. The number of nitrogens with zero attached hydrogens (tertiary/aromatic N) is 2. The quantitative estimate of drug-likeness (QED) is 0.945. The number of hydrogen-bond donors (Lipinski definition) is 1. The Labute approximate surface area is 129 Å². The van der Waals surface area contributed by atoms with Crippen molar-refractivity contribution in [1.82, 2.24) is 9.36 Å². The zero-order valence-corrected chi connectivity index (χ0v) is 13.3. The van der Waals surface area contributed by atoms with Crippen LogP contribution in [0.2, 0.25) is 0 Å². The highest BCUT2D eigenvalue weighted by Crippen LogP contribution is 2.27. The predicted molar refractivity (Wildman–Crippen MR) is 86.1 cm³/mol. The van der Waals surface area contributed by atoms with E-state index >= 15 is 0 Å². The van der Waals surface area contributed by atoms with Crippen LogP contribution in [0.5, 0.6) is 0 Å². The fourth-order valence-electron chi connectivity index (χ4n) is 2.49. The summed E-state index contributed by atoms with van der Waals surface area (Å²) < 4.78 is 7.26. The number of carbonyl (C=O) groups is 1. The van der Waals surface area contributed by atoms with Crippen LogP contribution in [0.1, 0.15) is 31.9 Å². The number of hydrogen-bond acceptors (Lipinski definition) is 4. The Morgan fingerprint density at radius 3 is 2.55 bits per heavy atom. The lowest BCUT2D eigenvalue weighted by Crippen LogP contribution is -2.30. The Bertz CT molecular complexity index is 758. The standard InChI is InChI=1S/C16H21N3O3/c1-5-11(3)18-15(20)13(12-9-7-6-8-10(12)2)14(17)19(18)16(21)22-4/h6-9,11H,5,17H2,1-4H3. The molecule has 118 valence electrons. The molecule has 2 rings (SSSR count). The minimum absolute atomic E-state index is 0.103. The van der Waals surface area contributed by atoms with Crippen LogP contribution in [0, 0.1) is 6.92 Å². The summed E-state index contributed by atoms with van der Waals surface area (Å²) in [5.74, 6) is 0.103. The molecule has 0 saturated carbocycles. The molecule has 1 aromatic heterocycles. The molecule has 1 heterocycles. The van der Waals surface area contributed by atoms with Crippen LogP contribution in [0.3, 0.4) is 0 Å². The fraction of sp³-hybridized carbons (Fsp3) is 0.375. The molecular weight excluding hydrogens is 282 g/mol. The van der Waals surface area contributed by atoms with Crippen LogP contribution in [0.15, 0.2) is 29.1 Å². The fourth-order valence-corrected chi connectivity index (χ4v) is 2.49. The van der Waals surface area contributed by atoms with Gasteiger partial charge in [0.15, 0.2) is 0 Å². The van der Waals surface area contributed by atoms with Crippen LogP contribution in [0.4, 0.5) is 10.6 Å². The van der Waals surface area contributed by atoms with Gasteiger partial charge in [-0.3, -0.25) is 4.79 Å². The van der Waals surface area contributed by atoms with Crippen molar-refractivity contribution in [1.29, 1.82) is 0 Å². The molecule has 2 aromatic rings. The number of nitrogens with two attached hydrogens (primary N) is 1. The molecule has 0 amide bonds. The number of ether oxygens (including phenoxy) is 1. The molecule has 1 unspecified atom stereocenters. The average molecular weight is 303 g/mol. The van der Waals surface area contributed by atoms with E-state index in [9.17, 15) is 9.59 Å². The Morgan fingerprint density at radius 1 is 1.36 bits per heavy atom. The molecule has 22 heavy (non-hydrogen) atoms. The smallest absolute Gasteiger partial charge is 0.434 e. The van der Waals surface area contributed by atoms with E-state index in [0.29, 0.717) is 12.0 Å². The van der Waals surface area contributed by atoms with Gasteiger partial charge >= 0.3 is 6.09 Å². The van der Waals surface area contributed by atoms with E-state index in [-0.39, 0.29) is 17.4 Å². The van der Waals surface area contributed by atoms with Crippen LogP contribution in [-0.4, -0.2) is 22.6 Å². The highest BCUT2D eigenvalue weighted by Gasteiger charge is 2.26. The average Bonchev–Trinajstić information content (AvgIpc) is 2.77. The number of aryl methyl sites for hydroxylation is 1. The van der Waals surface area contributed by atoms with Crippen molar-refractivity contribution in [2.24, 2.45) is 0 Å². The van der Waals surface area contributed by atoms with Crippen molar-refractivity contribution in [3.63, 3.8) is 0 Å². The summed E-state index contributed by atoms with van der Waals surface area (Å²) in [7, 11) is 1.26. The highest BCUT2D eigenvalue weighted by atomic mass is 16.5. The molecule has 1 atom stereocenters. The third-order valence-electron chi connectivity index (χ3n) is 3.89. The Balaban J connectivity index is 2.83. The van der Waals surface area contributed by atoms with Crippen LogP contribution >= 0.6 is 0 Å². The number of anilines is 1. The zero-order valence-electron chi connectivity index (χ0n) is 13.3. The first-order valence-electron chi connectivity index (χ1n) is 7.21. The molecule has 0 radical (unpaired) electrons. The van der Waals surface area contributed by atoms with Crippen molar-refractivity contribution in [3.8, 4) is 11.1 Å². The van der Waals surface area contributed by atoms with Gasteiger partial charge in [0.25, 0.3) is 5.56 Å². The molecule has 0 fully saturated rings. The minimum Gasteiger partial charge on any atom is -0.451 e. The van der Waals surface area contributed by atoms with E-state index in [0.717, 1.165) is 15.8 Å². The predicted octanol–water partition coefficient (Wildman–Crippen LogP) is 2.79. The van der Waals surface area contributed by atoms with Gasteiger partial charge < -0.3 is 10.5 Å². The summed E-state index contributed by atoms with van der Waals surface area (Å²) in [5, 5.41) is 0. The van der Waals surface area contributed by atoms with Gasteiger partial charge in [-0.05, 0) is 31.4 Å². The maximum atomic E-state index is 12.8. The van der Waals surface area contributed by atoms with E-state index in [1.54, 1.807) is 0 Å². The molecule has 6 heteroatoms. The van der Waals surface area contributed by atoms with Crippen molar-refractivity contribution in [3.05, 3.63) is 40.2 Å². The molecule has 0 saturated heterocycles. The molecule has 0 spiro atoms. The van der Waals surface area contributed by atoms with Crippen molar-refractivity contribution >= 4 is 11.9 Å². The number of aromatic nitrogens is 2. The Hall–Kier alpha value is -2.50. The minimum atomic E-state index is -0.672. The molecule has 6 nitrogen and oxygen atoms in total. The second-order valence-corrected chi connectivity index (χ2v) is 5.26. The number of rotatable bonds is 3. The van der Waals surface area contributed by atoms with Gasteiger partial charge in [0.05, 0.1) is 18.7 Å². The van der Waals surface area contributed by atoms with E-state index in [1.165, 1.54) is 11.8 Å². The lowest BCUT2D eigenvalue weighted by atomic mass is 10.0. The second-order valence-electron chi connectivity index (χ2n) is 5.26. The largest absolute Gasteiger partial charge is 0.451 e. The van der Waals surface area contributed by atoms with Crippen molar-refractivity contribution in [2.45, 2.75) is 33.2 Å². The first kappa shape index (κ1) is 15.9. The summed E-state index contributed by atoms with van der Waals surface area (Å²) in [4.78, 5) is 24.9. The summed E-state index contributed by atoms with van der Waals surface area (Å²) in [6.45, 7) is 5.70. The molecular formula is C16H21N3O3. The third-order valence-corrected chi connectivity index (χ3v) is 3.89. The normalized spacial score (nSPS) is 12.2. The zero-order chi connectivity index (χ0) is 16.4. The van der Waals surface area contributed by atoms with Crippen molar-refractivity contribution < 1.29 is 9.53 Å². The molecule has 0 aliphatic rings. The Kier molecular flexibility index (Phi) is 4.40. The van der Waals surface area contributed by atoms with Crippen LogP contribution < -0.4 is 11.3 Å². The van der Waals surface area contributed by atoms with Gasteiger partial charge in [0, 0.05) is 0 Å². The van der Waals surface area contributed by atoms with E-state index in [2.05, 4.69) is 0 Å². The first-order valence-corrected chi connectivity index (χ1v) is 7.21. The molecule has 0 aliphatic heterocycles. The number of carbonyl (C=O) groups excluding carboxylic acids is 1. The highest BCUT2D eigenvalue weighted by molar-refractivity contribution is 5.83. The maximum Gasteiger partial charge on any atom is 0.434 e. The summed E-state index contributed by atoms with van der Waals surface area (Å²) in [6, 6.07) is 7.28. The molecule has 0 bridgehead atoms. The van der Waals surface area contributed by atoms with Gasteiger partial charge in [0.2, 0.25) is 0 Å². The monoisotopic (exact) mass is 303 g/mol. The summed E-state index contributed by atoms with van der Waals surface area (Å²) >= 11 is 0. The van der Waals surface area contributed by atoms with Crippen LogP contribution in [0.25, 0.3) is 11.1 Å². The lowest BCUT2D eigenvalue weighted by molar-refractivity contribution is 0.162. The topological polar surface area (TPSA) is 79.2 Å². The molecule has 0 aliphatic carbocycles. The van der Waals surface area contributed by atoms with Gasteiger partial charge in [-0.1, -0.05) is 31.2 Å². The number of benzene rings is 1. The number of nitrogen functional groups attached to an aromatic ring is 1. The second kappa shape index (κ2) is 6.09. The Morgan fingerprint density at radius 2 is 2.00 bits per heavy atom. The molecule has 2 N–H and O–H groups in total. The third kappa shape index (κ3) is 2.41. The van der Waals surface area contributed by atoms with Crippen molar-refractivity contribution in [2.75, 3.05) is 12.8 Å². The van der Waals surface area contributed by atoms with Gasteiger partial charge in [-0.15, -0.1) is 0 Å². The SMILES string of the molecule is CCC(C)n1c(=O)c(-c2ccccc2C)c(N)n1C(=O)OC.